The molecule has 1 aromatic rings. The molecule has 0 atom stereocenters. The van der Waals surface area contributed by atoms with Crippen molar-refractivity contribution in [3.63, 3.8) is 0 Å². The van der Waals surface area contributed by atoms with Crippen LogP contribution in [0, 0.1) is 0 Å². The molecule has 0 saturated carbocycles. The molecule has 0 aliphatic carbocycles. The highest BCUT2D eigenvalue weighted by Crippen LogP contribution is 2.32. The number of rotatable bonds is 4. The normalized spacial score (nSPS) is 16.8. The summed E-state index contributed by atoms with van der Waals surface area (Å²) >= 11 is 0. The Bertz CT molecular complexity index is 731. The van der Waals surface area contributed by atoms with Crippen LogP contribution in [0.2, 0.25) is 0 Å². The quantitative estimate of drug-likeness (QED) is 0.708. The molecule has 4 amide bonds. The lowest BCUT2D eigenvalue weighted by Crippen LogP contribution is -2.47. The van der Waals surface area contributed by atoms with Gasteiger partial charge in [0, 0.05) is 12.2 Å². The van der Waals surface area contributed by atoms with Crippen LogP contribution in [0.3, 0.4) is 0 Å². The molecule has 1 aliphatic heterocycles. The van der Waals surface area contributed by atoms with E-state index in [0.29, 0.717) is 0 Å². The number of hydrogen-bond donors (Lipinski definition) is 3. The van der Waals surface area contributed by atoms with Gasteiger partial charge in [-0.3, -0.25) is 14.9 Å². The van der Waals surface area contributed by atoms with Gasteiger partial charge in [0.05, 0.1) is 5.56 Å². The van der Waals surface area contributed by atoms with Gasteiger partial charge in [0.15, 0.2) is 0 Å². The van der Waals surface area contributed by atoms with Crippen molar-refractivity contribution in [2.24, 2.45) is 5.73 Å². The summed E-state index contributed by atoms with van der Waals surface area (Å²) < 4.78 is 38.7. The molecular formula is C15H17F3N4O3. The number of nitrogens with two attached hydrogens (primary N) is 1. The van der Waals surface area contributed by atoms with E-state index < -0.39 is 41.7 Å². The van der Waals surface area contributed by atoms with Crippen LogP contribution >= 0.6 is 0 Å². The van der Waals surface area contributed by atoms with Gasteiger partial charge in [-0.25, -0.2) is 4.79 Å². The molecule has 2 rings (SSSR count). The zero-order valence-corrected chi connectivity index (χ0v) is 13.5. The van der Waals surface area contributed by atoms with Crippen LogP contribution in [0.15, 0.2) is 18.2 Å². The van der Waals surface area contributed by atoms with Crippen LogP contribution in [0.1, 0.15) is 25.0 Å². The molecule has 10 heteroatoms. The molecule has 0 spiro atoms. The largest absolute Gasteiger partial charge is 0.416 e. The van der Waals surface area contributed by atoms with Crippen molar-refractivity contribution in [3.8, 4) is 0 Å². The second kappa shape index (κ2) is 6.36. The standard InChI is InChI=1S/C15H17F3N4O3/c1-14(2)12(24)21-13(25)22(14)7-11(23)20-10-4-8(6-19)3-9(5-10)15(16,17)18/h3-5H,6-7,19H2,1-2H3,(H,20,23)(H,21,24,25). The van der Waals surface area contributed by atoms with Gasteiger partial charge in [0.2, 0.25) is 5.91 Å². The van der Waals surface area contributed by atoms with Crippen molar-refractivity contribution in [3.05, 3.63) is 29.3 Å². The molecule has 136 valence electrons. The molecule has 0 bridgehead atoms. The minimum atomic E-state index is -4.59. The van der Waals surface area contributed by atoms with E-state index >= 15 is 0 Å². The summed E-state index contributed by atoms with van der Waals surface area (Å²) in [5.74, 6) is -1.30. The number of halogens is 3. The van der Waals surface area contributed by atoms with E-state index in [-0.39, 0.29) is 17.8 Å². The van der Waals surface area contributed by atoms with Crippen LogP contribution in [0.4, 0.5) is 23.7 Å². The first-order valence-corrected chi connectivity index (χ1v) is 7.29. The van der Waals surface area contributed by atoms with Gasteiger partial charge >= 0.3 is 12.2 Å². The Morgan fingerprint density at radius 2 is 1.92 bits per heavy atom. The lowest BCUT2D eigenvalue weighted by molar-refractivity contribution is -0.137. The third-order valence-corrected chi connectivity index (χ3v) is 3.84. The fourth-order valence-electron chi connectivity index (χ4n) is 2.35. The van der Waals surface area contributed by atoms with E-state index in [0.717, 1.165) is 17.0 Å². The molecule has 1 aromatic carbocycles. The fourth-order valence-corrected chi connectivity index (χ4v) is 2.35. The van der Waals surface area contributed by atoms with E-state index in [1.807, 2.05) is 0 Å². The van der Waals surface area contributed by atoms with Gasteiger partial charge in [-0.15, -0.1) is 0 Å². The van der Waals surface area contributed by atoms with Crippen LogP contribution < -0.4 is 16.4 Å². The Labute approximate surface area is 141 Å². The van der Waals surface area contributed by atoms with Crippen LogP contribution in [-0.4, -0.2) is 34.8 Å². The van der Waals surface area contributed by atoms with Crippen molar-refractivity contribution in [2.75, 3.05) is 11.9 Å². The Kier molecular flexibility index (Phi) is 4.76. The van der Waals surface area contributed by atoms with Crippen LogP contribution in [0.5, 0.6) is 0 Å². The lowest BCUT2D eigenvalue weighted by Gasteiger charge is -2.27. The Hall–Kier alpha value is -2.62. The summed E-state index contributed by atoms with van der Waals surface area (Å²) in [4.78, 5) is 36.5. The fraction of sp³-hybridized carbons (Fsp3) is 0.400. The van der Waals surface area contributed by atoms with E-state index in [1.165, 1.54) is 19.9 Å². The maximum atomic E-state index is 12.9. The minimum absolute atomic E-state index is 0.0935. The Morgan fingerprint density at radius 3 is 2.40 bits per heavy atom. The summed E-state index contributed by atoms with van der Waals surface area (Å²) in [6, 6.07) is 2.24. The smallest absolute Gasteiger partial charge is 0.326 e. The number of nitrogens with zero attached hydrogens (tertiary/aromatic N) is 1. The predicted octanol–water partition coefficient (Wildman–Crippen LogP) is 1.43. The predicted molar refractivity (Wildman–Crippen MR) is 82.3 cm³/mol. The maximum absolute atomic E-state index is 12.9. The zero-order valence-electron chi connectivity index (χ0n) is 13.5. The van der Waals surface area contributed by atoms with Crippen LogP contribution in [-0.2, 0) is 22.3 Å². The van der Waals surface area contributed by atoms with Crippen molar-refractivity contribution in [2.45, 2.75) is 32.1 Å². The van der Waals surface area contributed by atoms with E-state index in [2.05, 4.69) is 10.6 Å². The van der Waals surface area contributed by atoms with Gasteiger partial charge in [0.25, 0.3) is 5.91 Å². The summed E-state index contributed by atoms with van der Waals surface area (Å²) in [6.07, 6.45) is -4.59. The maximum Gasteiger partial charge on any atom is 0.416 e. The third-order valence-electron chi connectivity index (χ3n) is 3.84. The molecule has 25 heavy (non-hydrogen) atoms. The zero-order chi connectivity index (χ0) is 19.0. The monoisotopic (exact) mass is 358 g/mol. The first-order valence-electron chi connectivity index (χ1n) is 7.29. The highest BCUT2D eigenvalue weighted by Gasteiger charge is 2.46. The number of carbonyl (C=O) groups excluding carboxylic acids is 3. The molecule has 0 aromatic heterocycles. The molecular weight excluding hydrogens is 341 g/mol. The van der Waals surface area contributed by atoms with Gasteiger partial charge in [0.1, 0.15) is 12.1 Å². The molecule has 1 fully saturated rings. The molecule has 0 radical (unpaired) electrons. The van der Waals surface area contributed by atoms with Gasteiger partial charge in [-0.2, -0.15) is 13.2 Å². The number of carbonyl (C=O) groups is 3. The molecule has 1 heterocycles. The minimum Gasteiger partial charge on any atom is -0.326 e. The number of imide groups is 1. The van der Waals surface area contributed by atoms with Crippen LogP contribution in [0.25, 0.3) is 0 Å². The van der Waals surface area contributed by atoms with Gasteiger partial charge in [-0.05, 0) is 37.6 Å². The highest BCUT2D eigenvalue weighted by molar-refractivity contribution is 6.08. The van der Waals surface area contributed by atoms with Gasteiger partial charge in [-0.1, -0.05) is 0 Å². The van der Waals surface area contributed by atoms with Crippen molar-refractivity contribution >= 4 is 23.5 Å². The topological polar surface area (TPSA) is 105 Å². The van der Waals surface area contributed by atoms with Crippen molar-refractivity contribution in [1.82, 2.24) is 10.2 Å². The van der Waals surface area contributed by atoms with Crippen molar-refractivity contribution < 1.29 is 27.6 Å². The molecule has 1 aliphatic rings. The number of urea groups is 1. The first kappa shape index (κ1) is 18.7. The Morgan fingerprint density at radius 1 is 1.28 bits per heavy atom. The number of amides is 4. The molecule has 7 nitrogen and oxygen atoms in total. The van der Waals surface area contributed by atoms with Gasteiger partial charge < -0.3 is 16.0 Å². The molecule has 1 saturated heterocycles. The SMILES string of the molecule is CC1(C)C(=O)NC(=O)N1CC(=O)Nc1cc(CN)cc(C(F)(F)F)c1. The number of nitrogens with one attached hydrogen (secondary N) is 2. The Balaban J connectivity index is 2.18. The van der Waals surface area contributed by atoms with E-state index in [1.54, 1.807) is 0 Å². The third kappa shape index (κ3) is 3.90. The molecule has 4 N–H and O–H groups in total. The van der Waals surface area contributed by atoms with E-state index in [9.17, 15) is 27.6 Å². The summed E-state index contributed by atoms with van der Waals surface area (Å²) in [7, 11) is 0. The summed E-state index contributed by atoms with van der Waals surface area (Å²) in [6.45, 7) is 2.29. The summed E-state index contributed by atoms with van der Waals surface area (Å²) in [5.41, 5.74) is 3.31. The van der Waals surface area contributed by atoms with E-state index in [4.69, 9.17) is 5.73 Å². The number of anilines is 1. The number of alkyl halides is 3. The van der Waals surface area contributed by atoms with Crippen molar-refractivity contribution in [1.29, 1.82) is 0 Å². The number of benzene rings is 1. The second-order valence-corrected chi connectivity index (χ2v) is 6.07. The lowest BCUT2D eigenvalue weighted by atomic mass is 10.0. The average Bonchev–Trinajstić information content (AvgIpc) is 2.68. The second-order valence-electron chi connectivity index (χ2n) is 6.07. The summed E-state index contributed by atoms with van der Waals surface area (Å²) in [5, 5.41) is 4.38. The highest BCUT2D eigenvalue weighted by atomic mass is 19.4. The average molecular weight is 358 g/mol. The first-order chi connectivity index (χ1) is 11.4. The molecule has 0 unspecified atom stereocenters. The number of hydrogen-bond acceptors (Lipinski definition) is 4.